The summed E-state index contributed by atoms with van der Waals surface area (Å²) in [4.78, 5) is 14.5. The van der Waals surface area contributed by atoms with Gasteiger partial charge in [-0.05, 0) is 6.92 Å². The number of nitro groups is 1. The Morgan fingerprint density at radius 1 is 1.26 bits per heavy atom. The molecule has 1 aromatic carbocycles. The van der Waals surface area contributed by atoms with Gasteiger partial charge in [0.2, 0.25) is 0 Å². The molecule has 0 spiro atoms. The number of halogens is 2. The lowest BCUT2D eigenvalue weighted by Gasteiger charge is -2.12. The minimum Gasteiger partial charge on any atom is -0.497 e. The van der Waals surface area contributed by atoms with Crippen molar-refractivity contribution in [3.63, 3.8) is 0 Å². The van der Waals surface area contributed by atoms with Gasteiger partial charge in [-0.3, -0.25) is 19.8 Å². The third kappa shape index (κ3) is 3.28. The van der Waals surface area contributed by atoms with Gasteiger partial charge in [0.05, 0.1) is 35.1 Å². The fourth-order valence-corrected chi connectivity index (χ4v) is 2.78. The number of hydrogen-bond acceptors (Lipinski definition) is 6. The maximum absolute atomic E-state index is 14.6. The number of nitrogens with one attached hydrogen (secondary N) is 1. The van der Waals surface area contributed by atoms with Crippen molar-refractivity contribution in [3.05, 3.63) is 58.0 Å². The van der Waals surface area contributed by atoms with Gasteiger partial charge in [-0.15, -0.1) is 0 Å². The van der Waals surface area contributed by atoms with Crippen molar-refractivity contribution in [3.8, 4) is 16.9 Å². The second-order valence-electron chi connectivity index (χ2n) is 5.67. The van der Waals surface area contributed by atoms with Gasteiger partial charge in [0.1, 0.15) is 28.9 Å². The number of hydrogen-bond donors (Lipinski definition) is 1. The first-order valence-corrected chi connectivity index (χ1v) is 7.76. The van der Waals surface area contributed by atoms with Gasteiger partial charge in [-0.1, -0.05) is 0 Å². The van der Waals surface area contributed by atoms with Crippen LogP contribution < -0.4 is 10.1 Å². The Hall–Kier alpha value is -3.56. The molecular formula is C17H15F2N5O3. The van der Waals surface area contributed by atoms with Gasteiger partial charge in [0, 0.05) is 31.4 Å². The van der Waals surface area contributed by atoms with E-state index in [1.807, 2.05) is 0 Å². The zero-order chi connectivity index (χ0) is 19.7. The highest BCUT2D eigenvalue weighted by atomic mass is 19.1. The average Bonchev–Trinajstić information content (AvgIpc) is 2.88. The first kappa shape index (κ1) is 18.2. The molecule has 8 nitrogen and oxygen atoms in total. The molecule has 0 aliphatic carbocycles. The van der Waals surface area contributed by atoms with Crippen LogP contribution in [-0.4, -0.2) is 26.8 Å². The smallest absolute Gasteiger partial charge is 0.295 e. The molecule has 140 valence electrons. The van der Waals surface area contributed by atoms with Crippen molar-refractivity contribution in [1.29, 1.82) is 0 Å². The number of aromatic nitrogens is 3. The zero-order valence-electron chi connectivity index (χ0n) is 14.7. The fraction of sp³-hybridized carbons (Fsp3) is 0.176. The first-order chi connectivity index (χ1) is 12.8. The minimum absolute atomic E-state index is 0.0349. The molecule has 0 atom stereocenters. The van der Waals surface area contributed by atoms with E-state index in [1.165, 1.54) is 30.3 Å². The van der Waals surface area contributed by atoms with Crippen molar-refractivity contribution in [2.45, 2.75) is 6.92 Å². The molecule has 0 fully saturated rings. The third-order valence-corrected chi connectivity index (χ3v) is 3.97. The highest BCUT2D eigenvalue weighted by Crippen LogP contribution is 2.38. The van der Waals surface area contributed by atoms with E-state index >= 15 is 0 Å². The van der Waals surface area contributed by atoms with Gasteiger partial charge in [-0.25, -0.2) is 8.78 Å². The minimum atomic E-state index is -0.841. The number of pyridine rings is 1. The van der Waals surface area contributed by atoms with Crippen molar-refractivity contribution < 1.29 is 18.4 Å². The number of nitrogens with zero attached hydrogens (tertiary/aromatic N) is 4. The van der Waals surface area contributed by atoms with Crippen LogP contribution in [0, 0.1) is 28.7 Å². The summed E-state index contributed by atoms with van der Waals surface area (Å²) < 4.78 is 35.4. The van der Waals surface area contributed by atoms with Crippen molar-refractivity contribution in [2.24, 2.45) is 7.05 Å². The van der Waals surface area contributed by atoms with Crippen LogP contribution in [0.3, 0.4) is 0 Å². The Labute approximate surface area is 152 Å². The molecule has 3 aromatic rings. The van der Waals surface area contributed by atoms with Crippen molar-refractivity contribution in [2.75, 3.05) is 12.4 Å². The second kappa shape index (κ2) is 6.98. The molecule has 0 radical (unpaired) electrons. The Kier molecular flexibility index (Phi) is 4.72. The summed E-state index contributed by atoms with van der Waals surface area (Å²) in [5.41, 5.74) is 0.0183. The number of aryl methyl sites for hydroxylation is 2. The number of ether oxygens (including phenoxy) is 1. The standard InChI is InChI=1S/C17H15F2N5O3/c1-9-15(16-11(18)6-10(27-3)7-12(16)19)17(23(2)22-9)21-13-8-20-5-4-14(13)24(25)26/h4-8,21H,1-3H3. The van der Waals surface area contributed by atoms with E-state index in [0.717, 1.165) is 12.1 Å². The lowest BCUT2D eigenvalue weighted by atomic mass is 10.0. The highest BCUT2D eigenvalue weighted by Gasteiger charge is 2.25. The molecule has 27 heavy (non-hydrogen) atoms. The molecule has 0 saturated heterocycles. The number of methoxy groups -OCH3 is 1. The summed E-state index contributed by atoms with van der Waals surface area (Å²) >= 11 is 0. The van der Waals surface area contributed by atoms with Gasteiger partial charge < -0.3 is 10.1 Å². The van der Waals surface area contributed by atoms with Crippen LogP contribution in [0.2, 0.25) is 0 Å². The molecule has 1 N–H and O–H groups in total. The molecule has 0 saturated carbocycles. The quantitative estimate of drug-likeness (QED) is 0.539. The van der Waals surface area contributed by atoms with Crippen LogP contribution in [0.25, 0.3) is 11.1 Å². The Morgan fingerprint density at radius 2 is 1.93 bits per heavy atom. The largest absolute Gasteiger partial charge is 0.497 e. The van der Waals surface area contributed by atoms with Crippen molar-refractivity contribution in [1.82, 2.24) is 14.8 Å². The van der Waals surface area contributed by atoms with E-state index in [0.29, 0.717) is 5.69 Å². The average molecular weight is 375 g/mol. The van der Waals surface area contributed by atoms with Crippen LogP contribution in [0.1, 0.15) is 5.69 Å². The molecule has 0 unspecified atom stereocenters. The van der Waals surface area contributed by atoms with E-state index in [-0.39, 0.29) is 34.1 Å². The van der Waals surface area contributed by atoms with Crippen LogP contribution in [0.5, 0.6) is 5.75 Å². The van der Waals surface area contributed by atoms with E-state index in [1.54, 1.807) is 14.0 Å². The number of benzene rings is 1. The molecule has 3 rings (SSSR count). The summed E-state index contributed by atoms with van der Waals surface area (Å²) in [5, 5.41) is 18.2. The molecule has 2 aromatic heterocycles. The van der Waals surface area contributed by atoms with Crippen molar-refractivity contribution >= 4 is 17.2 Å². The van der Waals surface area contributed by atoms with Gasteiger partial charge in [-0.2, -0.15) is 5.10 Å². The first-order valence-electron chi connectivity index (χ1n) is 7.76. The normalized spacial score (nSPS) is 10.7. The number of anilines is 2. The summed E-state index contributed by atoms with van der Waals surface area (Å²) in [7, 11) is 2.86. The Morgan fingerprint density at radius 3 is 2.52 bits per heavy atom. The van der Waals surface area contributed by atoms with Crippen LogP contribution in [0.15, 0.2) is 30.6 Å². The van der Waals surface area contributed by atoms with E-state index in [9.17, 15) is 18.9 Å². The van der Waals surface area contributed by atoms with E-state index < -0.39 is 16.6 Å². The maximum atomic E-state index is 14.6. The van der Waals surface area contributed by atoms with Gasteiger partial charge in [0.15, 0.2) is 0 Å². The van der Waals surface area contributed by atoms with Crippen LogP contribution in [0.4, 0.5) is 26.0 Å². The van der Waals surface area contributed by atoms with E-state index in [2.05, 4.69) is 15.4 Å². The van der Waals surface area contributed by atoms with Gasteiger partial charge >= 0.3 is 0 Å². The molecule has 0 aliphatic heterocycles. The molecule has 0 bridgehead atoms. The monoisotopic (exact) mass is 375 g/mol. The van der Waals surface area contributed by atoms with Gasteiger partial charge in [0.25, 0.3) is 5.69 Å². The lowest BCUT2D eigenvalue weighted by Crippen LogP contribution is -2.04. The topological polar surface area (TPSA) is 95.1 Å². The van der Waals surface area contributed by atoms with Crippen LogP contribution in [-0.2, 0) is 7.05 Å². The Balaban J connectivity index is 2.18. The molecule has 2 heterocycles. The molecule has 0 amide bonds. The number of rotatable bonds is 5. The summed E-state index contributed by atoms with van der Waals surface area (Å²) in [6, 6.07) is 3.34. The fourth-order valence-electron chi connectivity index (χ4n) is 2.78. The SMILES string of the molecule is COc1cc(F)c(-c2c(C)nn(C)c2Nc2cnccc2[N+](=O)[O-])c(F)c1. The summed E-state index contributed by atoms with van der Waals surface area (Å²) in [6.07, 6.45) is 2.53. The highest BCUT2D eigenvalue weighted by molar-refractivity contribution is 5.83. The summed E-state index contributed by atoms with van der Waals surface area (Å²) in [6.45, 7) is 1.58. The summed E-state index contributed by atoms with van der Waals surface area (Å²) in [5.74, 6) is -1.46. The second-order valence-corrected chi connectivity index (χ2v) is 5.67. The van der Waals surface area contributed by atoms with E-state index in [4.69, 9.17) is 4.74 Å². The molecular weight excluding hydrogens is 360 g/mol. The molecule has 10 heteroatoms. The van der Waals surface area contributed by atoms with Crippen LogP contribution >= 0.6 is 0 Å². The lowest BCUT2D eigenvalue weighted by molar-refractivity contribution is -0.384. The Bertz CT molecular complexity index is 1010. The zero-order valence-corrected chi connectivity index (χ0v) is 14.7. The molecule has 0 aliphatic rings. The predicted molar refractivity (Wildman–Crippen MR) is 94.0 cm³/mol. The maximum Gasteiger partial charge on any atom is 0.295 e. The predicted octanol–water partition coefficient (Wildman–Crippen LogP) is 3.73. The third-order valence-electron chi connectivity index (χ3n) is 3.97.